The van der Waals surface area contributed by atoms with E-state index in [1.165, 1.54) is 4.90 Å². The Morgan fingerprint density at radius 1 is 1.00 bits per heavy atom. The second-order valence-corrected chi connectivity index (χ2v) is 10.1. The first-order valence-corrected chi connectivity index (χ1v) is 13.8. The van der Waals surface area contributed by atoms with Crippen molar-refractivity contribution in [3.05, 3.63) is 106 Å². The highest BCUT2D eigenvalue weighted by Gasteiger charge is 2.34. The van der Waals surface area contributed by atoms with Crippen LogP contribution in [0, 0.1) is 0 Å². The van der Waals surface area contributed by atoms with Crippen molar-refractivity contribution in [1.82, 2.24) is 5.32 Å². The quantitative estimate of drug-likeness (QED) is 0.123. The fraction of sp³-hybridized carbons (Fsp3) is 0.194. The lowest BCUT2D eigenvalue weighted by molar-refractivity contribution is -0.122. The van der Waals surface area contributed by atoms with Gasteiger partial charge in [-0.05, 0) is 91.1 Å². The zero-order chi connectivity index (χ0) is 27.9. The molecule has 3 aromatic rings. The monoisotopic (exact) mass is 604 g/mol. The number of rotatable bonds is 10. The van der Waals surface area contributed by atoms with Crippen LogP contribution in [0.4, 0.5) is 5.69 Å². The third-order valence-electron chi connectivity index (χ3n) is 6.13. The summed E-state index contributed by atoms with van der Waals surface area (Å²) < 4.78 is 13.1. The predicted octanol–water partition coefficient (Wildman–Crippen LogP) is 6.55. The van der Waals surface area contributed by atoms with Gasteiger partial charge >= 0.3 is 0 Å². The minimum absolute atomic E-state index is 0.0290. The summed E-state index contributed by atoms with van der Waals surface area (Å²) in [6.07, 6.45) is 4.71. The summed E-state index contributed by atoms with van der Waals surface area (Å²) in [7, 11) is 0. The first kappa shape index (κ1) is 28.3. The SMILES string of the molecule is C=CCc1cc(/C=C2\C(=O)NC(=S)N(c3ccc(CC)cc3)C2=O)cc(OCC)c1OCc1ccc(Br)cc1. The highest BCUT2D eigenvalue weighted by Crippen LogP contribution is 2.36. The van der Waals surface area contributed by atoms with Crippen molar-refractivity contribution in [3.63, 3.8) is 0 Å². The molecule has 1 aliphatic rings. The molecular formula is C31H29BrN2O4S. The molecule has 0 aliphatic carbocycles. The van der Waals surface area contributed by atoms with E-state index in [-0.39, 0.29) is 10.7 Å². The second kappa shape index (κ2) is 12.9. The Morgan fingerprint density at radius 2 is 1.69 bits per heavy atom. The summed E-state index contributed by atoms with van der Waals surface area (Å²) in [5.41, 5.74) is 4.15. The van der Waals surface area contributed by atoms with Crippen LogP contribution in [-0.2, 0) is 29.0 Å². The molecule has 1 aliphatic heterocycles. The van der Waals surface area contributed by atoms with Crippen LogP contribution in [0.2, 0.25) is 0 Å². The number of aryl methyl sites for hydroxylation is 1. The summed E-state index contributed by atoms with van der Waals surface area (Å²) in [6.45, 7) is 8.58. The molecule has 0 bridgehead atoms. The maximum absolute atomic E-state index is 13.5. The largest absolute Gasteiger partial charge is 0.490 e. The molecule has 2 amide bonds. The van der Waals surface area contributed by atoms with Gasteiger partial charge in [0.15, 0.2) is 16.6 Å². The van der Waals surface area contributed by atoms with Crippen molar-refractivity contribution in [2.45, 2.75) is 33.3 Å². The number of allylic oxidation sites excluding steroid dienone is 1. The topological polar surface area (TPSA) is 67.9 Å². The van der Waals surface area contributed by atoms with E-state index in [0.29, 0.717) is 42.4 Å². The molecule has 200 valence electrons. The van der Waals surface area contributed by atoms with Crippen molar-refractivity contribution >= 4 is 56.8 Å². The molecule has 0 radical (unpaired) electrons. The van der Waals surface area contributed by atoms with Crippen molar-refractivity contribution in [3.8, 4) is 11.5 Å². The molecule has 0 unspecified atom stereocenters. The van der Waals surface area contributed by atoms with Gasteiger partial charge in [-0.1, -0.05) is 53.2 Å². The number of benzene rings is 3. The van der Waals surface area contributed by atoms with Gasteiger partial charge in [0.1, 0.15) is 12.2 Å². The van der Waals surface area contributed by atoms with E-state index in [2.05, 4.69) is 34.7 Å². The number of carbonyl (C=O) groups is 2. The van der Waals surface area contributed by atoms with Crippen molar-refractivity contribution in [2.75, 3.05) is 11.5 Å². The van der Waals surface area contributed by atoms with Crippen LogP contribution < -0.4 is 19.7 Å². The number of thiocarbonyl (C=S) groups is 1. The molecule has 4 rings (SSSR count). The Hall–Kier alpha value is -3.75. The molecular weight excluding hydrogens is 576 g/mol. The zero-order valence-corrected chi connectivity index (χ0v) is 24.2. The molecule has 0 atom stereocenters. The fourth-order valence-electron chi connectivity index (χ4n) is 4.18. The number of ether oxygens (including phenoxy) is 2. The first-order valence-electron chi connectivity index (χ1n) is 12.6. The Kier molecular flexibility index (Phi) is 9.32. The summed E-state index contributed by atoms with van der Waals surface area (Å²) in [5, 5.41) is 2.69. The van der Waals surface area contributed by atoms with E-state index in [0.717, 1.165) is 27.6 Å². The van der Waals surface area contributed by atoms with E-state index in [4.69, 9.17) is 21.7 Å². The highest BCUT2D eigenvalue weighted by molar-refractivity contribution is 9.10. The average molecular weight is 606 g/mol. The number of hydrogen-bond donors (Lipinski definition) is 1. The maximum atomic E-state index is 13.5. The summed E-state index contributed by atoms with van der Waals surface area (Å²) in [6, 6.07) is 19.1. The van der Waals surface area contributed by atoms with Crippen molar-refractivity contribution in [1.29, 1.82) is 0 Å². The van der Waals surface area contributed by atoms with Gasteiger partial charge in [-0.25, -0.2) is 0 Å². The van der Waals surface area contributed by atoms with Gasteiger partial charge in [-0.2, -0.15) is 0 Å². The minimum Gasteiger partial charge on any atom is -0.490 e. The van der Waals surface area contributed by atoms with Crippen LogP contribution in [0.3, 0.4) is 0 Å². The van der Waals surface area contributed by atoms with Gasteiger partial charge in [0.2, 0.25) is 0 Å². The molecule has 1 heterocycles. The lowest BCUT2D eigenvalue weighted by Gasteiger charge is -2.29. The average Bonchev–Trinajstić information content (AvgIpc) is 2.92. The smallest absolute Gasteiger partial charge is 0.270 e. The number of carbonyl (C=O) groups excluding carboxylic acids is 2. The van der Waals surface area contributed by atoms with Crippen LogP contribution in [0.1, 0.15) is 36.1 Å². The Balaban J connectivity index is 1.70. The first-order chi connectivity index (χ1) is 18.8. The van der Waals surface area contributed by atoms with E-state index in [1.54, 1.807) is 18.2 Å². The van der Waals surface area contributed by atoms with Crippen LogP contribution in [0.15, 0.2) is 83.4 Å². The van der Waals surface area contributed by atoms with E-state index in [9.17, 15) is 9.59 Å². The number of halogens is 1. The molecule has 0 spiro atoms. The van der Waals surface area contributed by atoms with Gasteiger partial charge < -0.3 is 9.47 Å². The molecule has 0 saturated carbocycles. The molecule has 3 aromatic carbocycles. The number of hydrogen-bond acceptors (Lipinski definition) is 5. The van der Waals surface area contributed by atoms with E-state index < -0.39 is 11.8 Å². The van der Waals surface area contributed by atoms with Gasteiger partial charge in [0.05, 0.1) is 12.3 Å². The fourth-order valence-corrected chi connectivity index (χ4v) is 4.72. The lowest BCUT2D eigenvalue weighted by atomic mass is 10.0. The summed E-state index contributed by atoms with van der Waals surface area (Å²) >= 11 is 8.79. The van der Waals surface area contributed by atoms with Gasteiger partial charge in [-0.15, -0.1) is 6.58 Å². The summed E-state index contributed by atoms with van der Waals surface area (Å²) in [4.78, 5) is 27.7. The van der Waals surface area contributed by atoms with E-state index >= 15 is 0 Å². The van der Waals surface area contributed by atoms with Crippen LogP contribution in [0.25, 0.3) is 6.08 Å². The Bertz CT molecular complexity index is 1430. The number of nitrogens with one attached hydrogen (secondary N) is 1. The predicted molar refractivity (Wildman–Crippen MR) is 162 cm³/mol. The third-order valence-corrected chi connectivity index (χ3v) is 6.94. The van der Waals surface area contributed by atoms with Gasteiger partial charge in [0, 0.05) is 10.0 Å². The molecule has 39 heavy (non-hydrogen) atoms. The zero-order valence-electron chi connectivity index (χ0n) is 21.8. The van der Waals surface area contributed by atoms with Crippen LogP contribution >= 0.6 is 28.1 Å². The number of nitrogens with zero attached hydrogens (tertiary/aromatic N) is 1. The molecule has 1 N–H and O–H groups in total. The second-order valence-electron chi connectivity index (χ2n) is 8.83. The van der Waals surface area contributed by atoms with Gasteiger partial charge in [0.25, 0.3) is 11.8 Å². The van der Waals surface area contributed by atoms with Crippen LogP contribution in [-0.4, -0.2) is 23.5 Å². The van der Waals surface area contributed by atoms with Crippen molar-refractivity contribution in [2.24, 2.45) is 0 Å². The highest BCUT2D eigenvalue weighted by atomic mass is 79.9. The lowest BCUT2D eigenvalue weighted by Crippen LogP contribution is -2.54. The normalized spacial score (nSPS) is 14.4. The molecule has 1 saturated heterocycles. The van der Waals surface area contributed by atoms with Crippen molar-refractivity contribution < 1.29 is 19.1 Å². The standard InChI is InChI=1S/C31H29BrN2O4S/c1-4-7-23-16-22(18-27(37-6-3)28(23)38-19-21-8-12-24(32)13-9-21)17-26-29(35)33-31(39)34(30(26)36)25-14-10-20(5-2)11-15-25/h4,8-18H,1,5-7,19H2,2-3H3,(H,33,35,39)/b26-17+. The maximum Gasteiger partial charge on any atom is 0.270 e. The number of anilines is 1. The third kappa shape index (κ3) is 6.64. The van der Waals surface area contributed by atoms with Gasteiger partial charge in [-0.3, -0.25) is 19.8 Å². The number of amides is 2. The van der Waals surface area contributed by atoms with E-state index in [1.807, 2.05) is 61.5 Å². The molecule has 1 fully saturated rings. The van der Waals surface area contributed by atoms with Crippen LogP contribution in [0.5, 0.6) is 11.5 Å². The Morgan fingerprint density at radius 3 is 2.33 bits per heavy atom. The summed E-state index contributed by atoms with van der Waals surface area (Å²) in [5.74, 6) is 0.0732. The molecule has 8 heteroatoms. The Labute approximate surface area is 242 Å². The molecule has 0 aromatic heterocycles. The minimum atomic E-state index is -0.551. The molecule has 6 nitrogen and oxygen atoms in total.